The Morgan fingerprint density at radius 2 is 1.79 bits per heavy atom. The van der Waals surface area contributed by atoms with Gasteiger partial charge in [0.2, 0.25) is 5.91 Å². The second-order valence-electron chi connectivity index (χ2n) is 9.77. The lowest BCUT2D eigenvalue weighted by atomic mass is 9.81. The lowest BCUT2D eigenvalue weighted by Crippen LogP contribution is -2.54. The average Bonchev–Trinajstić information content (AvgIpc) is 3.51. The number of aromatic hydroxyl groups is 1. The number of benzene rings is 2. The monoisotopic (exact) mass is 517 g/mol. The van der Waals surface area contributed by atoms with E-state index in [2.05, 4.69) is 5.32 Å². The summed E-state index contributed by atoms with van der Waals surface area (Å²) in [5.41, 5.74) is 0.234. The molecule has 1 aromatic heterocycles. The van der Waals surface area contributed by atoms with Crippen molar-refractivity contribution in [3.63, 3.8) is 0 Å². The Hall–Kier alpha value is -4.47. The number of furan rings is 1. The van der Waals surface area contributed by atoms with Crippen LogP contribution in [0.25, 0.3) is 0 Å². The van der Waals surface area contributed by atoms with Gasteiger partial charge in [-0.05, 0) is 54.7 Å². The first kappa shape index (κ1) is 25.2. The number of nitro benzene ring substituents is 1. The van der Waals surface area contributed by atoms with Gasteiger partial charge in [0.15, 0.2) is 5.75 Å². The second kappa shape index (κ2) is 10.5. The fraction of sp³-hybridized carbons (Fsp3) is 0.321. The molecule has 2 aliphatic rings. The molecule has 5 rings (SSSR count). The van der Waals surface area contributed by atoms with Gasteiger partial charge in [0.25, 0.3) is 11.8 Å². The van der Waals surface area contributed by atoms with E-state index in [4.69, 9.17) is 4.42 Å². The normalized spacial score (nSPS) is 19.7. The number of nitro groups is 1. The molecule has 0 unspecified atom stereocenters. The van der Waals surface area contributed by atoms with Crippen LogP contribution in [0, 0.1) is 16.0 Å². The molecule has 0 bridgehead atoms. The molecule has 3 amide bonds. The highest BCUT2D eigenvalue weighted by atomic mass is 16.6. The maximum Gasteiger partial charge on any atom is 0.310 e. The summed E-state index contributed by atoms with van der Waals surface area (Å²) < 4.78 is 5.52. The quantitative estimate of drug-likeness (QED) is 0.261. The third-order valence-corrected chi connectivity index (χ3v) is 7.39. The first-order chi connectivity index (χ1) is 18.3. The van der Waals surface area contributed by atoms with Crippen LogP contribution >= 0.6 is 0 Å². The molecule has 1 aliphatic heterocycles. The number of carbonyl (C=O) groups excluding carboxylic acids is 3. The van der Waals surface area contributed by atoms with Crippen LogP contribution in [-0.4, -0.2) is 44.7 Å². The third kappa shape index (κ3) is 4.89. The van der Waals surface area contributed by atoms with Crippen LogP contribution < -0.4 is 5.32 Å². The summed E-state index contributed by atoms with van der Waals surface area (Å²) in [6.45, 7) is 0. The number of nitrogens with one attached hydrogen (secondary N) is 1. The van der Waals surface area contributed by atoms with Gasteiger partial charge in [-0.25, -0.2) is 0 Å². The van der Waals surface area contributed by atoms with Crippen LogP contribution in [0.4, 0.5) is 5.69 Å². The molecular formula is C28H27N3O7. The number of nitrogens with zero attached hydrogens (tertiary/aromatic N) is 2. The maximum atomic E-state index is 13.8. The van der Waals surface area contributed by atoms with Crippen molar-refractivity contribution in [3.05, 3.63) is 93.4 Å². The number of fused-ring (bicyclic) bond motifs is 1. The number of phenolic OH excluding ortho intramolecular Hbond substituents is 1. The van der Waals surface area contributed by atoms with Crippen molar-refractivity contribution >= 4 is 23.4 Å². The number of imide groups is 1. The van der Waals surface area contributed by atoms with Gasteiger partial charge in [-0.1, -0.05) is 31.0 Å². The molecule has 1 fully saturated rings. The molecule has 1 saturated carbocycles. The summed E-state index contributed by atoms with van der Waals surface area (Å²) in [7, 11) is 0. The summed E-state index contributed by atoms with van der Waals surface area (Å²) in [5.74, 6) is -1.25. The number of phenols is 1. The lowest BCUT2D eigenvalue weighted by Gasteiger charge is -2.34. The topological polar surface area (TPSA) is 143 Å². The molecule has 3 atom stereocenters. The van der Waals surface area contributed by atoms with Gasteiger partial charge in [-0.15, -0.1) is 0 Å². The SMILES string of the molecule is O=C(N[C@@H]1CCCC[C@@H]1Cc1ccco1)[C@H](Cc1ccc(O)c([N+](=O)[O-])c1)N1C(=O)c2ccccc2C1=O. The summed E-state index contributed by atoms with van der Waals surface area (Å²) >= 11 is 0. The summed E-state index contributed by atoms with van der Waals surface area (Å²) in [4.78, 5) is 52.0. The Balaban J connectivity index is 1.45. The Bertz CT molecular complexity index is 1350. The van der Waals surface area contributed by atoms with Crippen LogP contribution in [-0.2, 0) is 17.6 Å². The minimum absolute atomic E-state index is 0.122. The number of rotatable bonds is 8. The van der Waals surface area contributed by atoms with E-state index >= 15 is 0 Å². The summed E-state index contributed by atoms with van der Waals surface area (Å²) in [6, 6.07) is 12.4. The maximum absolute atomic E-state index is 13.8. The Labute approximate surface area is 218 Å². The zero-order valence-corrected chi connectivity index (χ0v) is 20.5. The highest BCUT2D eigenvalue weighted by molar-refractivity contribution is 6.22. The van der Waals surface area contributed by atoms with Crippen LogP contribution in [0.3, 0.4) is 0 Å². The standard InChI is InChI=1S/C28H27N3O7/c32-25-12-11-17(14-23(25)31(36)37)15-24(30-27(34)20-8-2-3-9-21(20)28(30)35)26(33)29-22-10-4-1-6-18(22)16-19-7-5-13-38-19/h2-3,5,7-9,11-14,18,22,24,32H,1,4,6,10,15-16H2,(H,29,33)/t18-,22-,24+/m1/s1. The fourth-order valence-electron chi connectivity index (χ4n) is 5.47. The smallest absolute Gasteiger partial charge is 0.310 e. The van der Waals surface area contributed by atoms with Crippen molar-refractivity contribution < 1.29 is 28.8 Å². The van der Waals surface area contributed by atoms with E-state index in [1.165, 1.54) is 24.3 Å². The van der Waals surface area contributed by atoms with E-state index < -0.39 is 40.1 Å². The average molecular weight is 518 g/mol. The van der Waals surface area contributed by atoms with Crippen LogP contribution in [0.2, 0.25) is 0 Å². The van der Waals surface area contributed by atoms with Gasteiger partial charge in [-0.3, -0.25) is 29.4 Å². The molecule has 10 heteroatoms. The zero-order valence-electron chi connectivity index (χ0n) is 20.5. The first-order valence-corrected chi connectivity index (χ1v) is 12.6. The molecule has 196 valence electrons. The highest BCUT2D eigenvalue weighted by Crippen LogP contribution is 2.31. The lowest BCUT2D eigenvalue weighted by molar-refractivity contribution is -0.385. The number of carbonyl (C=O) groups is 3. The second-order valence-corrected chi connectivity index (χ2v) is 9.77. The molecule has 0 spiro atoms. The van der Waals surface area contributed by atoms with Crippen molar-refractivity contribution in [2.75, 3.05) is 0 Å². The Morgan fingerprint density at radius 1 is 1.08 bits per heavy atom. The number of hydrogen-bond acceptors (Lipinski definition) is 7. The molecule has 0 saturated heterocycles. The van der Waals surface area contributed by atoms with E-state index in [1.807, 2.05) is 12.1 Å². The predicted octanol–water partition coefficient (Wildman–Crippen LogP) is 4.02. The van der Waals surface area contributed by atoms with E-state index in [-0.39, 0.29) is 29.5 Å². The molecule has 10 nitrogen and oxygen atoms in total. The van der Waals surface area contributed by atoms with Crippen molar-refractivity contribution in [3.8, 4) is 5.75 Å². The first-order valence-electron chi connectivity index (χ1n) is 12.6. The minimum atomic E-state index is -1.24. The molecule has 3 aromatic rings. The number of amides is 3. The van der Waals surface area contributed by atoms with Crippen LogP contribution in [0.5, 0.6) is 5.75 Å². The third-order valence-electron chi connectivity index (χ3n) is 7.39. The largest absolute Gasteiger partial charge is 0.502 e. The molecule has 2 aromatic carbocycles. The minimum Gasteiger partial charge on any atom is -0.502 e. The van der Waals surface area contributed by atoms with Gasteiger partial charge in [-0.2, -0.15) is 0 Å². The van der Waals surface area contributed by atoms with Gasteiger partial charge < -0.3 is 14.8 Å². The van der Waals surface area contributed by atoms with Crippen molar-refractivity contribution in [1.82, 2.24) is 10.2 Å². The summed E-state index contributed by atoms with van der Waals surface area (Å²) in [6.07, 6.45) is 5.72. The fourth-order valence-corrected chi connectivity index (χ4v) is 5.47. The van der Waals surface area contributed by atoms with Crippen molar-refractivity contribution in [2.45, 2.75) is 50.6 Å². The highest BCUT2D eigenvalue weighted by Gasteiger charge is 2.43. The van der Waals surface area contributed by atoms with Crippen molar-refractivity contribution in [1.29, 1.82) is 0 Å². The molecule has 0 radical (unpaired) electrons. The van der Waals surface area contributed by atoms with Gasteiger partial charge >= 0.3 is 5.69 Å². The van der Waals surface area contributed by atoms with E-state index in [9.17, 15) is 29.6 Å². The molecule has 2 N–H and O–H groups in total. The van der Waals surface area contributed by atoms with E-state index in [0.717, 1.165) is 42.4 Å². The van der Waals surface area contributed by atoms with Gasteiger partial charge in [0, 0.05) is 24.9 Å². The van der Waals surface area contributed by atoms with Gasteiger partial charge in [0.05, 0.1) is 22.3 Å². The molecule has 38 heavy (non-hydrogen) atoms. The van der Waals surface area contributed by atoms with E-state index in [0.29, 0.717) is 12.0 Å². The van der Waals surface area contributed by atoms with Crippen LogP contribution in [0.1, 0.15) is 57.7 Å². The zero-order chi connectivity index (χ0) is 26.8. The number of hydrogen-bond donors (Lipinski definition) is 2. The van der Waals surface area contributed by atoms with Crippen molar-refractivity contribution in [2.24, 2.45) is 5.92 Å². The van der Waals surface area contributed by atoms with Gasteiger partial charge in [0.1, 0.15) is 11.8 Å². The molecular weight excluding hydrogens is 490 g/mol. The van der Waals surface area contributed by atoms with E-state index in [1.54, 1.807) is 18.4 Å². The summed E-state index contributed by atoms with van der Waals surface area (Å²) in [5, 5.41) is 24.3. The Morgan fingerprint density at radius 3 is 2.45 bits per heavy atom. The molecule has 2 heterocycles. The molecule has 1 aliphatic carbocycles. The Kier molecular flexibility index (Phi) is 6.95. The predicted molar refractivity (Wildman–Crippen MR) is 135 cm³/mol. The van der Waals surface area contributed by atoms with Crippen LogP contribution in [0.15, 0.2) is 65.3 Å².